The van der Waals surface area contributed by atoms with Crippen molar-refractivity contribution in [1.29, 1.82) is 0 Å². The third kappa shape index (κ3) is 31.0. The van der Waals surface area contributed by atoms with E-state index in [-0.39, 0.29) is 62.3 Å². The Bertz CT molecular complexity index is 3190. The van der Waals surface area contributed by atoms with Gasteiger partial charge in [0.2, 0.25) is 65.0 Å². The van der Waals surface area contributed by atoms with E-state index in [0.29, 0.717) is 24.8 Å². The van der Waals surface area contributed by atoms with Crippen molar-refractivity contribution in [2.75, 3.05) is 13.1 Å². The van der Waals surface area contributed by atoms with Gasteiger partial charge in [-0.3, -0.25) is 62.3 Å². The first-order valence-electron chi connectivity index (χ1n) is 36.3. The second-order valence-electron chi connectivity index (χ2n) is 27.1. The molecule has 2 aromatic carbocycles. The zero-order valence-corrected chi connectivity index (χ0v) is 60.4. The quantitative estimate of drug-likeness (QED) is 0.0196. The van der Waals surface area contributed by atoms with Crippen LogP contribution in [0.3, 0.4) is 0 Å². The van der Waals surface area contributed by atoms with Crippen LogP contribution in [0.5, 0.6) is 11.5 Å². The number of rotatable bonds is 36. The van der Waals surface area contributed by atoms with Crippen molar-refractivity contribution in [3.63, 3.8) is 0 Å². The maximum atomic E-state index is 14.8. The number of carbonyl (C=O) groups excluding carboxylic acids is 12. The third-order valence-corrected chi connectivity index (χ3v) is 18.4. The van der Waals surface area contributed by atoms with E-state index in [9.17, 15) is 92.7 Å². The summed E-state index contributed by atoms with van der Waals surface area (Å²) in [5.74, 6) is -15.4. The van der Waals surface area contributed by atoms with E-state index in [4.69, 9.17) is 16.2 Å². The average Bonchev–Trinajstić information content (AvgIpc) is 1.55. The van der Waals surface area contributed by atoms with Crippen LogP contribution in [0.4, 0.5) is 0 Å². The maximum absolute atomic E-state index is 14.8. The van der Waals surface area contributed by atoms with Crippen LogP contribution in [0.2, 0.25) is 0 Å². The molecule has 13 unspecified atom stereocenters. The molecule has 1 saturated heterocycles. The number of amides is 11. The lowest BCUT2D eigenvalue weighted by atomic mass is 9.97. The molecule has 32 heteroatoms. The number of benzene rings is 2. The fraction of sp³-hybridized carbons (Fsp3) is 0.639. The summed E-state index contributed by atoms with van der Waals surface area (Å²) in [6.45, 7) is 7.83. The molecule has 3 heterocycles. The lowest BCUT2D eigenvalue weighted by molar-refractivity contribution is -0.143. The van der Waals surface area contributed by atoms with Crippen molar-refractivity contribution in [3.05, 3.63) is 59.7 Å². The minimum Gasteiger partial charge on any atom is -0.508 e. The van der Waals surface area contributed by atoms with Gasteiger partial charge in [0.25, 0.3) is 0 Å². The van der Waals surface area contributed by atoms with Crippen LogP contribution in [-0.2, 0) is 80.0 Å². The summed E-state index contributed by atoms with van der Waals surface area (Å²) in [6.07, 6.45) is 5.34. The van der Waals surface area contributed by atoms with Crippen molar-refractivity contribution >= 4 is 82.9 Å². The lowest BCUT2D eigenvalue weighted by Gasteiger charge is -2.30. The van der Waals surface area contributed by atoms with Crippen LogP contribution in [-0.4, -0.2) is 199 Å². The Hall–Kier alpha value is -9.30. The van der Waals surface area contributed by atoms with E-state index in [0.717, 1.165) is 43.9 Å². The number of ether oxygens (including phenoxy) is 1. The molecule has 3 aliphatic rings. The number of aliphatic hydroxyl groups excluding tert-OH is 2. The Kier molecular flexibility index (Phi) is 38.3. The van der Waals surface area contributed by atoms with Gasteiger partial charge in [0.05, 0.1) is 18.6 Å². The number of phenols is 1. The number of hydrogen-bond donors (Lipinski definition) is 16. The highest BCUT2D eigenvalue weighted by molar-refractivity contribution is 5.99. The molecule has 2 aromatic rings. The lowest BCUT2D eigenvalue weighted by Crippen LogP contribution is -2.62. The monoisotopic (exact) mass is 1460 g/mol. The van der Waals surface area contributed by atoms with Crippen LogP contribution in [0, 0.1) is 5.92 Å². The SMILES string of the molecule is CCCCCCCCCCCCCC(O)CC(=O)NC(CCC(=O)O)C(=O)NC(CCCN)C(=O)NC1Cc2ccc(cc2)OC(=O)C(C(C)CC)NC(=O)C(Cc2ccc(O)cc2)NC(=O)C(CCC(N)=O)NC(=O)C2CCCN2C(=O)C(C)NC(=O)C(CCC(=O)O)NC(=O)C(C(C)O)NC1=O. The number of nitrogens with zero attached hydrogens (tertiary/aromatic N) is 1. The number of unbranched alkanes of at least 4 members (excludes halogenated alkanes) is 10. The van der Waals surface area contributed by atoms with Gasteiger partial charge in [0.1, 0.15) is 71.9 Å². The maximum Gasteiger partial charge on any atom is 0.334 e. The molecule has 1 fully saturated rings. The van der Waals surface area contributed by atoms with Crippen molar-refractivity contribution in [3.8, 4) is 11.5 Å². The smallest absolute Gasteiger partial charge is 0.334 e. The van der Waals surface area contributed by atoms with Crippen LogP contribution in [0.15, 0.2) is 48.5 Å². The van der Waals surface area contributed by atoms with Gasteiger partial charge < -0.3 is 94.5 Å². The second kappa shape index (κ2) is 45.7. The molecule has 32 nitrogen and oxygen atoms in total. The Labute approximate surface area is 606 Å². The van der Waals surface area contributed by atoms with Gasteiger partial charge >= 0.3 is 17.9 Å². The number of aromatic hydroxyl groups is 1. The number of nitrogens with two attached hydrogens (primary N) is 2. The Balaban J connectivity index is 1.75. The number of esters is 1. The predicted octanol–water partition coefficient (Wildman–Crippen LogP) is 1.08. The summed E-state index contributed by atoms with van der Waals surface area (Å²) < 4.78 is 5.82. The number of aliphatic hydroxyl groups is 2. The van der Waals surface area contributed by atoms with E-state index >= 15 is 0 Å². The molecule has 104 heavy (non-hydrogen) atoms. The highest BCUT2D eigenvalue weighted by Gasteiger charge is 2.41. The van der Waals surface area contributed by atoms with Gasteiger partial charge in [-0.05, 0) is 113 Å². The van der Waals surface area contributed by atoms with E-state index in [1.54, 1.807) is 13.8 Å². The largest absolute Gasteiger partial charge is 0.508 e. The molecule has 2 bridgehead atoms. The van der Waals surface area contributed by atoms with Crippen LogP contribution in [0.1, 0.15) is 200 Å². The summed E-state index contributed by atoms with van der Waals surface area (Å²) in [5.41, 5.74) is 12.0. The van der Waals surface area contributed by atoms with Crippen molar-refractivity contribution in [2.24, 2.45) is 17.4 Å². The van der Waals surface area contributed by atoms with Crippen molar-refractivity contribution in [1.82, 2.24) is 52.8 Å². The standard InChI is InChI=1S/C72H110N12O20/c1-6-8-9-10-11-12-13-14-15-16-17-20-48(87)41-58(89)76-51(32-35-59(90)91)65(96)77-50(21-18-37-73)64(95)80-55-40-46-25-29-49(30-26-46)104-72(103)61(42(3)7-2)82-67(98)54(39-45-23-27-47(86)28-24-45)81-66(97)52(31-34-57(74)88)78-69(100)56-22-19-38-84(56)71(102)43(4)75-63(94)53(33-36-60(92)93)79-70(101)62(44(5)85)83-68(55)99/h23-30,42-44,48,50-56,61-62,85-87H,6-22,31-41,73H2,1-5H3,(H2,74,88)(H,75,94)(H,76,89)(H,77,96)(H,78,100)(H,79,101)(H,80,95)(H,81,97)(H,82,98)(H,83,99)(H,90,91)(H,92,93). The Morgan fingerprint density at radius 1 is 0.615 bits per heavy atom. The van der Waals surface area contributed by atoms with E-state index in [1.807, 2.05) is 0 Å². The van der Waals surface area contributed by atoms with E-state index in [1.165, 1.54) is 87.6 Å². The number of carboxylic acids is 2. The first-order valence-corrected chi connectivity index (χ1v) is 36.3. The summed E-state index contributed by atoms with van der Waals surface area (Å²) in [6, 6.07) is -4.87. The fourth-order valence-electron chi connectivity index (χ4n) is 12.1. The number of aliphatic carboxylic acids is 2. The zero-order chi connectivity index (χ0) is 77.0. The second-order valence-corrected chi connectivity index (χ2v) is 27.1. The number of nitrogens with one attached hydrogen (secondary N) is 9. The molecule has 0 radical (unpaired) electrons. The minimum atomic E-state index is -1.98. The van der Waals surface area contributed by atoms with E-state index in [2.05, 4.69) is 54.8 Å². The predicted molar refractivity (Wildman–Crippen MR) is 379 cm³/mol. The van der Waals surface area contributed by atoms with E-state index < -0.39 is 213 Å². The molecule has 18 N–H and O–H groups in total. The zero-order valence-electron chi connectivity index (χ0n) is 60.4. The van der Waals surface area contributed by atoms with Crippen LogP contribution < -0.4 is 64.1 Å². The molecular formula is C72H110N12O20. The Morgan fingerprint density at radius 2 is 1.17 bits per heavy atom. The molecule has 3 aliphatic heterocycles. The normalized spacial score (nSPS) is 21.9. The summed E-state index contributed by atoms with van der Waals surface area (Å²) in [7, 11) is 0. The highest BCUT2D eigenvalue weighted by atomic mass is 16.5. The number of primary amides is 1. The molecule has 5 rings (SSSR count). The number of carbonyl (C=O) groups is 14. The number of fused-ring (bicyclic) bond motifs is 23. The fourth-order valence-corrected chi connectivity index (χ4v) is 12.1. The summed E-state index contributed by atoms with van der Waals surface area (Å²) >= 11 is 0. The van der Waals surface area contributed by atoms with Gasteiger partial charge in [-0.2, -0.15) is 0 Å². The highest BCUT2D eigenvalue weighted by Crippen LogP contribution is 2.23. The molecule has 11 amide bonds. The molecule has 578 valence electrons. The summed E-state index contributed by atoms with van der Waals surface area (Å²) in [5, 5.41) is 74.1. The van der Waals surface area contributed by atoms with Gasteiger partial charge in [0, 0.05) is 38.6 Å². The first-order chi connectivity index (χ1) is 49.4. The van der Waals surface area contributed by atoms with Gasteiger partial charge in [0.15, 0.2) is 0 Å². The minimum absolute atomic E-state index is 0.0222. The number of carboxylic acid groups (broad SMARTS) is 2. The third-order valence-electron chi connectivity index (χ3n) is 18.4. The average molecular weight is 1460 g/mol. The van der Waals surface area contributed by atoms with Gasteiger partial charge in [-0.25, -0.2) is 4.79 Å². The van der Waals surface area contributed by atoms with Gasteiger partial charge in [-0.1, -0.05) is 122 Å². The molecular weight excluding hydrogens is 1350 g/mol. The molecule has 0 aromatic heterocycles. The Morgan fingerprint density at radius 3 is 1.76 bits per heavy atom. The molecule has 0 aliphatic carbocycles. The molecule has 13 atom stereocenters. The molecule has 0 saturated carbocycles. The first kappa shape index (κ1) is 87.1. The van der Waals surface area contributed by atoms with Crippen LogP contribution in [0.25, 0.3) is 0 Å². The van der Waals surface area contributed by atoms with Crippen molar-refractivity contribution < 1.29 is 97.4 Å². The number of phenolic OH excluding ortho intramolecular Hbond substituents is 1. The van der Waals surface area contributed by atoms with Crippen LogP contribution >= 0.6 is 0 Å². The topological polar surface area (TPSA) is 513 Å². The van der Waals surface area contributed by atoms with Gasteiger partial charge in [-0.15, -0.1) is 0 Å². The summed E-state index contributed by atoms with van der Waals surface area (Å²) in [4.78, 5) is 195. The molecule has 0 spiro atoms. The van der Waals surface area contributed by atoms with Crippen molar-refractivity contribution in [2.45, 2.75) is 274 Å². The number of hydrogen-bond acceptors (Lipinski definition) is 19.